The van der Waals surface area contributed by atoms with Crippen LogP contribution < -0.4 is 0 Å². The van der Waals surface area contributed by atoms with Gasteiger partial charge in [0.1, 0.15) is 5.52 Å². The second kappa shape index (κ2) is 8.88. The maximum atomic E-state index is 13.0. The summed E-state index contributed by atoms with van der Waals surface area (Å²) in [6.45, 7) is 0.309. The van der Waals surface area contributed by atoms with Crippen molar-refractivity contribution < 1.29 is 18.3 Å². The molecule has 0 fully saturated rings. The summed E-state index contributed by atoms with van der Waals surface area (Å²) in [6.07, 6.45) is 2.52. The molecule has 0 radical (unpaired) electrons. The molecule has 3 heterocycles. The third-order valence-corrected chi connectivity index (χ3v) is 7.97. The zero-order chi connectivity index (χ0) is 24.7. The molecule has 0 saturated carbocycles. The first-order chi connectivity index (χ1) is 16.8. The van der Waals surface area contributed by atoms with Gasteiger partial charge < -0.3 is 14.9 Å². The van der Waals surface area contributed by atoms with Gasteiger partial charge in [-0.3, -0.25) is 9.78 Å². The zero-order valence-electron chi connectivity index (χ0n) is 19.3. The van der Waals surface area contributed by atoms with Crippen LogP contribution in [0, 0.1) is 0 Å². The molecule has 4 aromatic rings. The fourth-order valence-corrected chi connectivity index (χ4v) is 5.64. The molecule has 0 spiro atoms. The van der Waals surface area contributed by atoms with Gasteiger partial charge >= 0.3 is 0 Å². The Morgan fingerprint density at radius 2 is 1.77 bits per heavy atom. The summed E-state index contributed by atoms with van der Waals surface area (Å²) in [5, 5.41) is 15.5. The lowest BCUT2D eigenvalue weighted by atomic mass is 10.1. The number of likely N-dealkylation sites (N-methyl/N-ethyl adjacent to an activating group) is 1. The first kappa shape index (κ1) is 23.2. The Bertz CT molecular complexity index is 1500. The van der Waals surface area contributed by atoms with Crippen molar-refractivity contribution in [2.24, 2.45) is 0 Å². The number of amides is 1. The molecule has 5 rings (SSSR count). The molecule has 180 valence electrons. The molecule has 2 atom stereocenters. The van der Waals surface area contributed by atoms with E-state index in [0.29, 0.717) is 35.0 Å². The topological polar surface area (TPSA) is 109 Å². The standard InChI is InChI=1S/C25H25N5O4S/c1-28(2)19(16-29-24(31)21-10-6-7-11-22(21)25(29)32)13-18-12-17-14-27-30(23(17)15-26-18)35(33,34)20-8-4-3-5-9-20/h3-12,14-15,19,24,31H,13,16H2,1-2H3/t19-,24?/m0/s1. The van der Waals surface area contributed by atoms with Gasteiger partial charge in [-0.1, -0.05) is 36.4 Å². The van der Waals surface area contributed by atoms with Crippen LogP contribution in [-0.2, 0) is 16.4 Å². The maximum absolute atomic E-state index is 13.0. The molecule has 1 unspecified atom stereocenters. The fourth-order valence-electron chi connectivity index (χ4n) is 4.36. The highest BCUT2D eigenvalue weighted by Crippen LogP contribution is 2.32. The minimum atomic E-state index is -3.84. The van der Waals surface area contributed by atoms with E-state index in [1.54, 1.807) is 42.5 Å². The number of pyridine rings is 1. The molecule has 2 aromatic heterocycles. The molecule has 1 aliphatic heterocycles. The van der Waals surface area contributed by atoms with Gasteiger partial charge in [0.15, 0.2) is 6.23 Å². The highest BCUT2D eigenvalue weighted by atomic mass is 32.2. The summed E-state index contributed by atoms with van der Waals surface area (Å²) < 4.78 is 27.0. The van der Waals surface area contributed by atoms with Crippen LogP contribution in [-0.4, -0.2) is 70.1 Å². The van der Waals surface area contributed by atoms with E-state index in [2.05, 4.69) is 10.1 Å². The first-order valence-corrected chi connectivity index (χ1v) is 12.6. The van der Waals surface area contributed by atoms with E-state index >= 15 is 0 Å². The summed E-state index contributed by atoms with van der Waals surface area (Å²) in [5.41, 5.74) is 2.25. The SMILES string of the molecule is CN(C)[C@@H](Cc1cc2cnn(S(=O)(=O)c3ccccc3)c2cn1)CN1C(=O)c2ccccc2C1O. The second-order valence-electron chi connectivity index (χ2n) is 8.78. The van der Waals surface area contributed by atoms with Crippen molar-refractivity contribution in [1.82, 2.24) is 24.0 Å². The van der Waals surface area contributed by atoms with Crippen molar-refractivity contribution in [1.29, 1.82) is 0 Å². The number of aliphatic hydroxyl groups excluding tert-OH is 1. The van der Waals surface area contributed by atoms with Crippen LogP contribution in [0.3, 0.4) is 0 Å². The molecule has 1 amide bonds. The number of fused-ring (bicyclic) bond motifs is 2. The van der Waals surface area contributed by atoms with Gasteiger partial charge in [0, 0.05) is 41.2 Å². The van der Waals surface area contributed by atoms with Gasteiger partial charge in [-0.15, -0.1) is 0 Å². The van der Waals surface area contributed by atoms with Crippen molar-refractivity contribution in [3.05, 3.63) is 89.9 Å². The van der Waals surface area contributed by atoms with Gasteiger partial charge in [-0.2, -0.15) is 17.6 Å². The number of rotatable bonds is 7. The minimum Gasteiger partial charge on any atom is -0.369 e. The van der Waals surface area contributed by atoms with Crippen molar-refractivity contribution in [3.63, 3.8) is 0 Å². The number of aliphatic hydroxyl groups is 1. The molecule has 0 bridgehead atoms. The van der Waals surface area contributed by atoms with Crippen molar-refractivity contribution in [2.75, 3.05) is 20.6 Å². The predicted molar refractivity (Wildman–Crippen MR) is 130 cm³/mol. The Kier molecular flexibility index (Phi) is 5.87. The summed E-state index contributed by atoms with van der Waals surface area (Å²) in [4.78, 5) is 21.0. The van der Waals surface area contributed by atoms with Crippen LogP contribution in [0.25, 0.3) is 10.9 Å². The van der Waals surface area contributed by atoms with E-state index in [-0.39, 0.29) is 16.8 Å². The van der Waals surface area contributed by atoms with Crippen LogP contribution in [0.15, 0.2) is 78.0 Å². The Morgan fingerprint density at radius 3 is 2.49 bits per heavy atom. The van der Waals surface area contributed by atoms with E-state index in [0.717, 1.165) is 9.78 Å². The number of carbonyl (C=O) groups is 1. The summed E-state index contributed by atoms with van der Waals surface area (Å²) in [7, 11) is -0.0195. The van der Waals surface area contributed by atoms with E-state index in [9.17, 15) is 18.3 Å². The molecule has 1 aliphatic rings. The van der Waals surface area contributed by atoms with Gasteiger partial charge in [0.2, 0.25) is 0 Å². The molecule has 10 heteroatoms. The largest absolute Gasteiger partial charge is 0.369 e. The van der Waals surface area contributed by atoms with E-state index < -0.39 is 16.3 Å². The van der Waals surface area contributed by atoms with Crippen LogP contribution >= 0.6 is 0 Å². The van der Waals surface area contributed by atoms with Gasteiger partial charge in [0.25, 0.3) is 15.9 Å². The van der Waals surface area contributed by atoms with Crippen LogP contribution in [0.1, 0.15) is 27.8 Å². The fraction of sp³-hybridized carbons (Fsp3) is 0.240. The van der Waals surface area contributed by atoms with Crippen molar-refractivity contribution >= 4 is 26.8 Å². The van der Waals surface area contributed by atoms with Crippen molar-refractivity contribution in [3.8, 4) is 0 Å². The number of nitrogens with zero attached hydrogens (tertiary/aromatic N) is 5. The molecule has 0 saturated heterocycles. The lowest BCUT2D eigenvalue weighted by molar-refractivity contribution is 0.00753. The van der Waals surface area contributed by atoms with E-state index in [1.165, 1.54) is 29.4 Å². The number of hydrogen-bond donors (Lipinski definition) is 1. The van der Waals surface area contributed by atoms with Gasteiger partial charge in [0.05, 0.1) is 17.3 Å². The third kappa shape index (κ3) is 4.09. The normalized spacial score (nSPS) is 16.7. The second-order valence-corrected chi connectivity index (χ2v) is 10.5. The lowest BCUT2D eigenvalue weighted by Gasteiger charge is -2.30. The average Bonchev–Trinajstić information content (AvgIpc) is 3.39. The highest BCUT2D eigenvalue weighted by molar-refractivity contribution is 7.90. The number of aromatic nitrogens is 3. The maximum Gasteiger partial charge on any atom is 0.283 e. The first-order valence-electron chi connectivity index (χ1n) is 11.1. The van der Waals surface area contributed by atoms with Gasteiger partial charge in [-0.05, 0) is 38.4 Å². The quantitative estimate of drug-likeness (QED) is 0.423. The van der Waals surface area contributed by atoms with Crippen LogP contribution in [0.5, 0.6) is 0 Å². The highest BCUT2D eigenvalue weighted by Gasteiger charge is 2.36. The molecule has 0 aliphatic carbocycles. The Balaban J connectivity index is 1.39. The van der Waals surface area contributed by atoms with Crippen LogP contribution in [0.4, 0.5) is 0 Å². The zero-order valence-corrected chi connectivity index (χ0v) is 20.1. The lowest BCUT2D eigenvalue weighted by Crippen LogP contribution is -2.43. The molecule has 9 nitrogen and oxygen atoms in total. The smallest absolute Gasteiger partial charge is 0.283 e. The summed E-state index contributed by atoms with van der Waals surface area (Å²) in [5.74, 6) is -0.198. The predicted octanol–water partition coefficient (Wildman–Crippen LogP) is 2.29. The third-order valence-electron chi connectivity index (χ3n) is 6.36. The summed E-state index contributed by atoms with van der Waals surface area (Å²) >= 11 is 0. The Morgan fingerprint density at radius 1 is 1.06 bits per heavy atom. The number of hydrogen-bond acceptors (Lipinski definition) is 7. The molecule has 35 heavy (non-hydrogen) atoms. The Hall–Kier alpha value is -3.60. The molecule has 1 N–H and O–H groups in total. The number of carbonyl (C=O) groups excluding carboxylic acids is 1. The van der Waals surface area contributed by atoms with Crippen LogP contribution in [0.2, 0.25) is 0 Å². The van der Waals surface area contributed by atoms with E-state index in [4.69, 9.17) is 0 Å². The molecular weight excluding hydrogens is 466 g/mol. The molecular formula is C25H25N5O4S. The van der Waals surface area contributed by atoms with Crippen molar-refractivity contribution in [2.45, 2.75) is 23.6 Å². The monoisotopic (exact) mass is 491 g/mol. The van der Waals surface area contributed by atoms with E-state index in [1.807, 2.05) is 25.1 Å². The van der Waals surface area contributed by atoms with Gasteiger partial charge in [-0.25, -0.2) is 0 Å². The minimum absolute atomic E-state index is 0.129. The molecule has 2 aromatic carbocycles. The average molecular weight is 492 g/mol. The summed E-state index contributed by atoms with van der Waals surface area (Å²) in [6, 6.07) is 16.9. The Labute approximate surface area is 203 Å². The number of benzene rings is 2.